The third kappa shape index (κ3) is 6.93. The minimum Gasteiger partial charge on any atom is -0.497 e. The van der Waals surface area contributed by atoms with Crippen LogP contribution in [0.5, 0.6) is 5.75 Å². The van der Waals surface area contributed by atoms with E-state index in [2.05, 4.69) is 5.32 Å². The van der Waals surface area contributed by atoms with Gasteiger partial charge in [0.1, 0.15) is 5.75 Å². The molecule has 0 aliphatic carbocycles. The Labute approximate surface area is 169 Å². The summed E-state index contributed by atoms with van der Waals surface area (Å²) in [7, 11) is 4.55. The molecule has 8 heteroatoms. The zero-order chi connectivity index (χ0) is 21.2. The molecule has 0 fully saturated rings. The van der Waals surface area contributed by atoms with Crippen molar-refractivity contribution in [2.75, 3.05) is 39.7 Å². The number of nitrogens with zero attached hydrogens (tertiary/aromatic N) is 1. The summed E-state index contributed by atoms with van der Waals surface area (Å²) in [5.74, 6) is -0.890. The SMILES string of the molecule is COCc1cccc(C(=O)OCC(=O)N(C)CC(=O)Nc2cccc(OC)c2)c1. The van der Waals surface area contributed by atoms with Gasteiger partial charge in [0.05, 0.1) is 25.8 Å². The second-order valence-electron chi connectivity index (χ2n) is 6.24. The molecule has 2 rings (SSSR count). The minimum atomic E-state index is -0.620. The second kappa shape index (κ2) is 10.8. The van der Waals surface area contributed by atoms with Crippen molar-refractivity contribution in [2.24, 2.45) is 0 Å². The average molecular weight is 400 g/mol. The summed E-state index contributed by atoms with van der Waals surface area (Å²) < 4.78 is 15.2. The Balaban J connectivity index is 1.82. The fraction of sp³-hybridized carbons (Fsp3) is 0.286. The van der Waals surface area contributed by atoms with Crippen molar-refractivity contribution < 1.29 is 28.6 Å². The highest BCUT2D eigenvalue weighted by Crippen LogP contribution is 2.16. The molecule has 8 nitrogen and oxygen atoms in total. The van der Waals surface area contributed by atoms with Crippen molar-refractivity contribution in [3.05, 3.63) is 59.7 Å². The number of rotatable bonds is 9. The van der Waals surface area contributed by atoms with Gasteiger partial charge in [-0.3, -0.25) is 9.59 Å². The fourth-order valence-corrected chi connectivity index (χ4v) is 2.48. The zero-order valence-electron chi connectivity index (χ0n) is 16.6. The van der Waals surface area contributed by atoms with Crippen molar-refractivity contribution in [3.63, 3.8) is 0 Å². The number of methoxy groups -OCH3 is 2. The average Bonchev–Trinajstić information content (AvgIpc) is 2.72. The van der Waals surface area contributed by atoms with Crippen LogP contribution in [0.3, 0.4) is 0 Å². The number of benzene rings is 2. The van der Waals surface area contributed by atoms with E-state index in [0.29, 0.717) is 23.6 Å². The Bertz CT molecular complexity index is 868. The quantitative estimate of drug-likeness (QED) is 0.648. The highest BCUT2D eigenvalue weighted by Gasteiger charge is 2.16. The highest BCUT2D eigenvalue weighted by molar-refractivity contribution is 5.95. The van der Waals surface area contributed by atoms with E-state index in [4.69, 9.17) is 14.2 Å². The van der Waals surface area contributed by atoms with E-state index in [9.17, 15) is 14.4 Å². The highest BCUT2D eigenvalue weighted by atomic mass is 16.5. The van der Waals surface area contributed by atoms with Gasteiger partial charge in [0.15, 0.2) is 6.61 Å². The van der Waals surface area contributed by atoms with Crippen molar-refractivity contribution in [3.8, 4) is 5.75 Å². The first-order valence-corrected chi connectivity index (χ1v) is 8.85. The van der Waals surface area contributed by atoms with Crippen LogP contribution in [0, 0.1) is 0 Å². The summed E-state index contributed by atoms with van der Waals surface area (Å²) in [6, 6.07) is 13.6. The van der Waals surface area contributed by atoms with Gasteiger partial charge in [-0.25, -0.2) is 4.79 Å². The molecule has 0 radical (unpaired) electrons. The van der Waals surface area contributed by atoms with Crippen LogP contribution >= 0.6 is 0 Å². The van der Waals surface area contributed by atoms with E-state index in [0.717, 1.165) is 5.56 Å². The lowest BCUT2D eigenvalue weighted by Crippen LogP contribution is -2.37. The van der Waals surface area contributed by atoms with Crippen LogP contribution in [-0.2, 0) is 25.7 Å². The van der Waals surface area contributed by atoms with E-state index in [1.807, 2.05) is 6.07 Å². The number of hydrogen-bond acceptors (Lipinski definition) is 6. The van der Waals surface area contributed by atoms with Gasteiger partial charge >= 0.3 is 5.97 Å². The van der Waals surface area contributed by atoms with Crippen LogP contribution in [0.15, 0.2) is 48.5 Å². The maximum absolute atomic E-state index is 12.2. The smallest absolute Gasteiger partial charge is 0.338 e. The molecule has 0 bridgehead atoms. The molecule has 0 aromatic heterocycles. The van der Waals surface area contributed by atoms with Crippen molar-refractivity contribution >= 4 is 23.5 Å². The first kappa shape index (κ1) is 21.9. The van der Waals surface area contributed by atoms with Crippen LogP contribution in [0.25, 0.3) is 0 Å². The predicted molar refractivity (Wildman–Crippen MR) is 107 cm³/mol. The van der Waals surface area contributed by atoms with E-state index in [-0.39, 0.29) is 12.5 Å². The molecule has 2 aromatic carbocycles. The fourth-order valence-electron chi connectivity index (χ4n) is 2.48. The topological polar surface area (TPSA) is 94.2 Å². The van der Waals surface area contributed by atoms with Crippen molar-refractivity contribution in [1.29, 1.82) is 0 Å². The summed E-state index contributed by atoms with van der Waals surface area (Å²) in [5, 5.41) is 2.68. The first-order valence-electron chi connectivity index (χ1n) is 8.85. The molecule has 0 aliphatic heterocycles. The monoisotopic (exact) mass is 400 g/mol. The largest absolute Gasteiger partial charge is 0.497 e. The summed E-state index contributed by atoms with van der Waals surface area (Å²) in [6.07, 6.45) is 0. The maximum atomic E-state index is 12.2. The Hall–Kier alpha value is -3.39. The summed E-state index contributed by atoms with van der Waals surface area (Å²) in [5.41, 5.74) is 1.70. The molecule has 0 spiro atoms. The molecule has 0 aliphatic rings. The molecular weight excluding hydrogens is 376 g/mol. The molecular formula is C21H24N2O6. The van der Waals surface area contributed by atoms with Gasteiger partial charge in [-0.05, 0) is 29.8 Å². The number of carbonyl (C=O) groups is 3. The van der Waals surface area contributed by atoms with Gasteiger partial charge in [0.2, 0.25) is 5.91 Å². The number of amides is 2. The van der Waals surface area contributed by atoms with E-state index >= 15 is 0 Å². The van der Waals surface area contributed by atoms with Gasteiger partial charge in [-0.15, -0.1) is 0 Å². The number of esters is 1. The number of ether oxygens (including phenoxy) is 3. The van der Waals surface area contributed by atoms with Crippen LogP contribution in [0.1, 0.15) is 15.9 Å². The standard InChI is InChI=1S/C21H24N2O6/c1-23(12-19(24)22-17-8-5-9-18(11-17)28-3)20(25)14-29-21(26)16-7-4-6-15(10-16)13-27-2/h4-11H,12-14H2,1-3H3,(H,22,24). The lowest BCUT2D eigenvalue weighted by molar-refractivity contribution is -0.136. The number of hydrogen-bond donors (Lipinski definition) is 1. The number of nitrogens with one attached hydrogen (secondary N) is 1. The Morgan fingerprint density at radius 1 is 1.03 bits per heavy atom. The normalized spacial score (nSPS) is 10.2. The van der Waals surface area contributed by atoms with Gasteiger partial charge in [0.25, 0.3) is 5.91 Å². The molecule has 0 atom stereocenters. The molecule has 154 valence electrons. The molecule has 2 amide bonds. The van der Waals surface area contributed by atoms with Crippen LogP contribution in [0.4, 0.5) is 5.69 Å². The lowest BCUT2D eigenvalue weighted by Gasteiger charge is -2.17. The maximum Gasteiger partial charge on any atom is 0.338 e. The molecule has 0 saturated carbocycles. The summed E-state index contributed by atoms with van der Waals surface area (Å²) in [4.78, 5) is 37.6. The Morgan fingerprint density at radius 2 is 1.79 bits per heavy atom. The molecule has 29 heavy (non-hydrogen) atoms. The van der Waals surface area contributed by atoms with Crippen LogP contribution in [0.2, 0.25) is 0 Å². The molecule has 0 heterocycles. The van der Waals surface area contributed by atoms with Crippen molar-refractivity contribution in [2.45, 2.75) is 6.61 Å². The lowest BCUT2D eigenvalue weighted by atomic mass is 10.1. The van der Waals surface area contributed by atoms with Crippen LogP contribution < -0.4 is 10.1 Å². The third-order valence-corrected chi connectivity index (χ3v) is 3.96. The van der Waals surface area contributed by atoms with E-state index < -0.39 is 18.5 Å². The zero-order valence-corrected chi connectivity index (χ0v) is 16.6. The molecule has 1 N–H and O–H groups in total. The number of carbonyl (C=O) groups excluding carboxylic acids is 3. The molecule has 0 saturated heterocycles. The number of likely N-dealkylation sites (N-methyl/N-ethyl adjacent to an activating group) is 1. The predicted octanol–water partition coefficient (Wildman–Crippen LogP) is 2.10. The Morgan fingerprint density at radius 3 is 2.52 bits per heavy atom. The molecule has 0 unspecified atom stereocenters. The molecule has 2 aromatic rings. The summed E-state index contributed by atoms with van der Waals surface area (Å²) in [6.45, 7) is -0.279. The van der Waals surface area contributed by atoms with Gasteiger partial charge < -0.3 is 24.4 Å². The second-order valence-corrected chi connectivity index (χ2v) is 6.24. The van der Waals surface area contributed by atoms with Gasteiger partial charge in [-0.1, -0.05) is 18.2 Å². The van der Waals surface area contributed by atoms with Gasteiger partial charge in [0, 0.05) is 25.9 Å². The Kier molecular flexibility index (Phi) is 8.17. The first-order chi connectivity index (χ1) is 13.9. The van der Waals surface area contributed by atoms with E-state index in [1.165, 1.54) is 19.1 Å². The van der Waals surface area contributed by atoms with Gasteiger partial charge in [-0.2, -0.15) is 0 Å². The summed E-state index contributed by atoms with van der Waals surface area (Å²) >= 11 is 0. The number of anilines is 1. The van der Waals surface area contributed by atoms with Crippen molar-refractivity contribution in [1.82, 2.24) is 4.90 Å². The van der Waals surface area contributed by atoms with E-state index in [1.54, 1.807) is 49.6 Å². The minimum absolute atomic E-state index is 0.184. The third-order valence-electron chi connectivity index (χ3n) is 3.96. The van der Waals surface area contributed by atoms with Crippen LogP contribution in [-0.4, -0.2) is 57.1 Å².